The van der Waals surface area contributed by atoms with Crippen molar-refractivity contribution < 1.29 is 0 Å². The van der Waals surface area contributed by atoms with Crippen molar-refractivity contribution in [1.29, 1.82) is 0 Å². The third kappa shape index (κ3) is 4.24. The predicted octanol–water partition coefficient (Wildman–Crippen LogP) is 5.28. The third-order valence-electron chi connectivity index (χ3n) is 5.56. The van der Waals surface area contributed by atoms with Gasteiger partial charge in [0.05, 0.1) is 16.3 Å². The molecule has 0 spiro atoms. The average Bonchev–Trinajstić information content (AvgIpc) is 3.50. The van der Waals surface area contributed by atoms with Crippen LogP contribution >= 0.6 is 11.3 Å². The Balaban J connectivity index is 1.41. The Hall–Kier alpha value is -3.58. The van der Waals surface area contributed by atoms with E-state index in [0.29, 0.717) is 11.9 Å². The molecule has 0 amide bonds. The van der Waals surface area contributed by atoms with E-state index < -0.39 is 0 Å². The first kappa shape index (κ1) is 20.3. The van der Waals surface area contributed by atoms with Crippen LogP contribution in [0, 0.1) is 6.92 Å². The van der Waals surface area contributed by atoms with Gasteiger partial charge in [-0.3, -0.25) is 0 Å². The van der Waals surface area contributed by atoms with Crippen molar-refractivity contribution in [3.05, 3.63) is 72.6 Å². The standard InChI is InChI=1S/C25H24N6S/c1-17-22(21-13-14-27-25(29-21)30-24(26)31-15-5-6-16-31)32-23(28-17)20-11-9-19(10-12-20)18-7-3-2-4-8-18/h2-4,7-14H,5-6,15-16H2,1H3,(H2,26,27,29,30). The minimum absolute atomic E-state index is 0.383. The molecule has 0 radical (unpaired) electrons. The molecule has 1 aliphatic rings. The third-order valence-corrected chi connectivity index (χ3v) is 6.78. The van der Waals surface area contributed by atoms with E-state index in [1.54, 1.807) is 17.5 Å². The van der Waals surface area contributed by atoms with Gasteiger partial charge in [-0.05, 0) is 37.0 Å². The lowest BCUT2D eigenvalue weighted by Crippen LogP contribution is -2.34. The Morgan fingerprint density at radius 1 is 0.906 bits per heavy atom. The lowest BCUT2D eigenvalue weighted by Gasteiger charge is -2.15. The zero-order chi connectivity index (χ0) is 21.9. The van der Waals surface area contributed by atoms with Crippen molar-refractivity contribution in [1.82, 2.24) is 19.9 Å². The maximum Gasteiger partial charge on any atom is 0.253 e. The number of aliphatic imine (C=N–C) groups is 1. The normalized spacial score (nSPS) is 14.2. The summed E-state index contributed by atoms with van der Waals surface area (Å²) in [6, 6.07) is 20.8. The van der Waals surface area contributed by atoms with E-state index >= 15 is 0 Å². The average molecular weight is 441 g/mol. The molecule has 160 valence electrons. The first-order chi connectivity index (χ1) is 15.7. The molecular formula is C25H24N6S. The van der Waals surface area contributed by atoms with Crippen LogP contribution < -0.4 is 5.73 Å². The Morgan fingerprint density at radius 3 is 2.34 bits per heavy atom. The molecule has 0 bridgehead atoms. The highest BCUT2D eigenvalue weighted by Crippen LogP contribution is 2.35. The summed E-state index contributed by atoms with van der Waals surface area (Å²) in [4.78, 5) is 21.3. The highest BCUT2D eigenvalue weighted by molar-refractivity contribution is 7.18. The molecule has 0 atom stereocenters. The Morgan fingerprint density at radius 2 is 1.59 bits per heavy atom. The van der Waals surface area contributed by atoms with Crippen LogP contribution in [0.5, 0.6) is 0 Å². The molecule has 4 aromatic rings. The highest BCUT2D eigenvalue weighted by Gasteiger charge is 2.16. The zero-order valence-corrected chi connectivity index (χ0v) is 18.7. The minimum Gasteiger partial charge on any atom is -0.369 e. The van der Waals surface area contributed by atoms with Crippen molar-refractivity contribution in [3.63, 3.8) is 0 Å². The number of aryl methyl sites for hydroxylation is 1. The van der Waals surface area contributed by atoms with Crippen molar-refractivity contribution in [2.24, 2.45) is 10.7 Å². The number of rotatable bonds is 4. The lowest BCUT2D eigenvalue weighted by atomic mass is 10.0. The molecular weight excluding hydrogens is 416 g/mol. The number of guanidine groups is 1. The van der Waals surface area contributed by atoms with Gasteiger partial charge in [0.25, 0.3) is 5.95 Å². The summed E-state index contributed by atoms with van der Waals surface area (Å²) in [5.74, 6) is 0.869. The smallest absolute Gasteiger partial charge is 0.253 e. The molecule has 3 heterocycles. The molecule has 1 fully saturated rings. The molecule has 2 aromatic carbocycles. The Kier molecular flexibility index (Phi) is 5.64. The van der Waals surface area contributed by atoms with Crippen LogP contribution in [0.3, 0.4) is 0 Å². The second-order valence-corrected chi connectivity index (χ2v) is 8.78. The van der Waals surface area contributed by atoms with Crippen molar-refractivity contribution in [3.8, 4) is 32.3 Å². The summed E-state index contributed by atoms with van der Waals surface area (Å²) < 4.78 is 0. The van der Waals surface area contributed by atoms with Gasteiger partial charge in [-0.1, -0.05) is 54.6 Å². The molecule has 1 aliphatic heterocycles. The van der Waals surface area contributed by atoms with Crippen LogP contribution in [0.1, 0.15) is 18.5 Å². The monoisotopic (exact) mass is 440 g/mol. The molecule has 2 aromatic heterocycles. The van der Waals surface area contributed by atoms with Crippen LogP contribution in [0.25, 0.3) is 32.3 Å². The fourth-order valence-corrected chi connectivity index (χ4v) is 4.88. The van der Waals surface area contributed by atoms with Gasteiger partial charge in [0.1, 0.15) is 5.01 Å². The first-order valence-corrected chi connectivity index (χ1v) is 11.5. The van der Waals surface area contributed by atoms with Gasteiger partial charge in [-0.25, -0.2) is 15.0 Å². The van der Waals surface area contributed by atoms with Crippen LogP contribution in [-0.4, -0.2) is 38.9 Å². The van der Waals surface area contributed by atoms with Gasteiger partial charge in [0.15, 0.2) is 5.96 Å². The molecule has 32 heavy (non-hydrogen) atoms. The molecule has 0 saturated carbocycles. The molecule has 0 unspecified atom stereocenters. The number of thiazole rings is 1. The van der Waals surface area contributed by atoms with Gasteiger partial charge < -0.3 is 10.6 Å². The van der Waals surface area contributed by atoms with Crippen molar-refractivity contribution in [2.75, 3.05) is 13.1 Å². The number of hydrogen-bond acceptors (Lipinski definition) is 5. The van der Waals surface area contributed by atoms with E-state index in [9.17, 15) is 0 Å². The number of aromatic nitrogens is 3. The highest BCUT2D eigenvalue weighted by atomic mass is 32.1. The van der Waals surface area contributed by atoms with Crippen LogP contribution in [-0.2, 0) is 0 Å². The quantitative estimate of drug-likeness (QED) is 0.345. The number of nitrogens with two attached hydrogens (primary N) is 1. The van der Waals surface area contributed by atoms with Gasteiger partial charge in [0, 0.05) is 24.8 Å². The largest absolute Gasteiger partial charge is 0.369 e. The molecule has 0 aliphatic carbocycles. The van der Waals surface area contributed by atoms with Crippen LogP contribution in [0.4, 0.5) is 5.95 Å². The summed E-state index contributed by atoms with van der Waals surface area (Å²) in [7, 11) is 0. The van der Waals surface area contributed by atoms with E-state index in [1.165, 1.54) is 11.1 Å². The summed E-state index contributed by atoms with van der Waals surface area (Å²) in [5, 5.41) is 0.970. The Bertz CT molecular complexity index is 1240. The summed E-state index contributed by atoms with van der Waals surface area (Å²) in [6.45, 7) is 3.89. The molecule has 5 rings (SSSR count). The van der Waals surface area contributed by atoms with E-state index in [1.807, 2.05) is 19.1 Å². The van der Waals surface area contributed by atoms with Gasteiger partial charge in [-0.15, -0.1) is 11.3 Å². The second kappa shape index (κ2) is 8.88. The summed E-state index contributed by atoms with van der Waals surface area (Å²) in [5.41, 5.74) is 11.4. The maximum atomic E-state index is 6.15. The lowest BCUT2D eigenvalue weighted by molar-refractivity contribution is 0.513. The fourth-order valence-electron chi connectivity index (χ4n) is 3.84. The molecule has 6 nitrogen and oxygen atoms in total. The van der Waals surface area contributed by atoms with E-state index in [2.05, 4.69) is 68.4 Å². The van der Waals surface area contributed by atoms with Crippen molar-refractivity contribution in [2.45, 2.75) is 19.8 Å². The number of hydrogen-bond donors (Lipinski definition) is 1. The van der Waals surface area contributed by atoms with Crippen molar-refractivity contribution >= 4 is 23.2 Å². The molecule has 7 heteroatoms. The topological polar surface area (TPSA) is 80.3 Å². The Labute approximate surface area is 191 Å². The minimum atomic E-state index is 0.383. The van der Waals surface area contributed by atoms with Crippen LogP contribution in [0.15, 0.2) is 71.9 Å². The number of benzene rings is 2. The zero-order valence-electron chi connectivity index (χ0n) is 17.9. The van der Waals surface area contributed by atoms with E-state index in [4.69, 9.17) is 10.7 Å². The SMILES string of the molecule is Cc1nc(-c2ccc(-c3ccccc3)cc2)sc1-c1ccnc(N=C(N)N2CCCC2)n1. The van der Waals surface area contributed by atoms with Gasteiger partial charge in [0.2, 0.25) is 0 Å². The van der Waals surface area contributed by atoms with Crippen LogP contribution in [0.2, 0.25) is 0 Å². The van der Waals surface area contributed by atoms with E-state index in [0.717, 1.165) is 52.8 Å². The first-order valence-electron chi connectivity index (χ1n) is 10.7. The fraction of sp³-hybridized carbons (Fsp3) is 0.200. The summed E-state index contributed by atoms with van der Waals surface area (Å²) in [6.07, 6.45) is 4.02. The van der Waals surface area contributed by atoms with E-state index in [-0.39, 0.29) is 0 Å². The predicted molar refractivity (Wildman–Crippen MR) is 131 cm³/mol. The van der Waals surface area contributed by atoms with Gasteiger partial charge >= 0.3 is 0 Å². The number of nitrogens with zero attached hydrogens (tertiary/aromatic N) is 5. The number of likely N-dealkylation sites (tertiary alicyclic amines) is 1. The molecule has 2 N–H and O–H groups in total. The van der Waals surface area contributed by atoms with Gasteiger partial charge in [-0.2, -0.15) is 4.99 Å². The molecule has 1 saturated heterocycles. The second-order valence-electron chi connectivity index (χ2n) is 7.78. The summed E-state index contributed by atoms with van der Waals surface area (Å²) >= 11 is 1.63. The maximum absolute atomic E-state index is 6.15.